The number of halogens is 3. The van der Waals surface area contributed by atoms with Crippen LogP contribution < -0.4 is 0 Å². The van der Waals surface area contributed by atoms with Crippen LogP contribution in [0.1, 0.15) is 24.5 Å². The van der Waals surface area contributed by atoms with Crippen LogP contribution in [0.15, 0.2) is 22.7 Å². The minimum Gasteiger partial charge on any atom is -0.393 e. The molecule has 0 fully saturated rings. The summed E-state index contributed by atoms with van der Waals surface area (Å²) in [7, 11) is 0. The average Bonchev–Trinajstić information content (AvgIpc) is 2.01. The van der Waals surface area contributed by atoms with E-state index in [1.807, 2.05) is 0 Å². The summed E-state index contributed by atoms with van der Waals surface area (Å²) in [6.07, 6.45) is -2.85. The van der Waals surface area contributed by atoms with Gasteiger partial charge in [0.15, 0.2) is 0 Å². The van der Waals surface area contributed by atoms with E-state index in [1.165, 1.54) is 6.07 Å². The Morgan fingerprint density at radius 3 is 2.57 bits per heavy atom. The molecule has 0 spiro atoms. The first-order valence-electron chi connectivity index (χ1n) is 4.25. The molecule has 1 aromatic rings. The van der Waals surface area contributed by atoms with Gasteiger partial charge in [-0.25, -0.2) is 8.78 Å². The molecule has 0 aliphatic rings. The van der Waals surface area contributed by atoms with Crippen molar-refractivity contribution in [1.82, 2.24) is 0 Å². The van der Waals surface area contributed by atoms with Crippen molar-refractivity contribution in [3.05, 3.63) is 33.8 Å². The summed E-state index contributed by atoms with van der Waals surface area (Å²) in [4.78, 5) is 0. The summed E-state index contributed by atoms with van der Waals surface area (Å²) in [6.45, 7) is 1.58. The fourth-order valence-corrected chi connectivity index (χ4v) is 1.69. The Morgan fingerprint density at radius 2 is 2.07 bits per heavy atom. The summed E-state index contributed by atoms with van der Waals surface area (Å²) in [5.41, 5.74) is 0.485. The van der Waals surface area contributed by atoms with Crippen LogP contribution in [0.4, 0.5) is 8.78 Å². The molecular formula is C10H11BrF2O. The van der Waals surface area contributed by atoms with Crippen LogP contribution in [0.2, 0.25) is 0 Å². The third-order valence-electron chi connectivity index (χ3n) is 1.86. The molecule has 0 saturated heterocycles. The summed E-state index contributed by atoms with van der Waals surface area (Å²) in [5, 5.41) is 9.14. The van der Waals surface area contributed by atoms with Crippen molar-refractivity contribution in [2.24, 2.45) is 0 Å². The van der Waals surface area contributed by atoms with Gasteiger partial charge in [0.2, 0.25) is 0 Å². The number of aliphatic hydroxyl groups excluding tert-OH is 1. The molecule has 14 heavy (non-hydrogen) atoms. The van der Waals surface area contributed by atoms with Crippen LogP contribution in [-0.4, -0.2) is 11.2 Å². The van der Waals surface area contributed by atoms with E-state index < -0.39 is 12.5 Å². The quantitative estimate of drug-likeness (QED) is 0.888. The van der Waals surface area contributed by atoms with Crippen molar-refractivity contribution in [3.63, 3.8) is 0 Å². The first-order valence-corrected chi connectivity index (χ1v) is 5.04. The second-order valence-corrected chi connectivity index (χ2v) is 4.11. The highest BCUT2D eigenvalue weighted by Gasteiger charge is 2.14. The minimum atomic E-state index is -2.49. The number of hydrogen-bond acceptors (Lipinski definition) is 1. The summed E-state index contributed by atoms with van der Waals surface area (Å²) >= 11 is 3.21. The Kier molecular flexibility index (Phi) is 4.01. The average molecular weight is 265 g/mol. The van der Waals surface area contributed by atoms with E-state index in [2.05, 4.69) is 15.9 Å². The zero-order valence-electron chi connectivity index (χ0n) is 7.67. The maximum Gasteiger partial charge on any atom is 0.264 e. The Balaban J connectivity index is 3.03. The Labute approximate surface area is 89.9 Å². The summed E-state index contributed by atoms with van der Waals surface area (Å²) < 4.78 is 25.8. The highest BCUT2D eigenvalue weighted by Crippen LogP contribution is 2.26. The second-order valence-electron chi connectivity index (χ2n) is 3.20. The molecule has 1 nitrogen and oxygen atoms in total. The molecule has 0 aromatic heterocycles. The van der Waals surface area contributed by atoms with E-state index in [0.717, 1.165) is 4.47 Å². The van der Waals surface area contributed by atoms with Crippen molar-refractivity contribution < 1.29 is 13.9 Å². The third-order valence-corrected chi connectivity index (χ3v) is 2.35. The Hall–Kier alpha value is -0.480. The largest absolute Gasteiger partial charge is 0.393 e. The van der Waals surface area contributed by atoms with Crippen molar-refractivity contribution in [3.8, 4) is 0 Å². The van der Waals surface area contributed by atoms with E-state index in [0.29, 0.717) is 5.56 Å². The fourth-order valence-electron chi connectivity index (χ4n) is 1.28. The van der Waals surface area contributed by atoms with Crippen molar-refractivity contribution in [1.29, 1.82) is 0 Å². The Bertz CT molecular complexity index is 313. The number of rotatable bonds is 3. The summed E-state index contributed by atoms with van der Waals surface area (Å²) in [6, 6.07) is 4.58. The van der Waals surface area contributed by atoms with E-state index in [-0.39, 0.29) is 12.0 Å². The number of alkyl halides is 2. The van der Waals surface area contributed by atoms with Crippen molar-refractivity contribution in [2.45, 2.75) is 25.9 Å². The van der Waals surface area contributed by atoms with Gasteiger partial charge in [0, 0.05) is 10.0 Å². The van der Waals surface area contributed by atoms with Gasteiger partial charge in [0.25, 0.3) is 6.43 Å². The first-order chi connectivity index (χ1) is 6.50. The Morgan fingerprint density at radius 1 is 1.43 bits per heavy atom. The van der Waals surface area contributed by atoms with E-state index >= 15 is 0 Å². The minimum absolute atomic E-state index is 0.00546. The molecular weight excluding hydrogens is 254 g/mol. The van der Waals surface area contributed by atoms with Crippen LogP contribution in [0.3, 0.4) is 0 Å². The molecule has 0 heterocycles. The molecule has 0 aliphatic heterocycles. The molecule has 1 aromatic carbocycles. The van der Waals surface area contributed by atoms with Crippen LogP contribution in [-0.2, 0) is 6.42 Å². The second kappa shape index (κ2) is 4.84. The van der Waals surface area contributed by atoms with Crippen LogP contribution in [0.25, 0.3) is 0 Å². The van der Waals surface area contributed by atoms with Gasteiger partial charge in [-0.3, -0.25) is 0 Å². The van der Waals surface area contributed by atoms with E-state index in [1.54, 1.807) is 19.1 Å². The molecule has 1 unspecified atom stereocenters. The van der Waals surface area contributed by atoms with Gasteiger partial charge in [0.05, 0.1) is 6.10 Å². The fraction of sp³-hybridized carbons (Fsp3) is 0.400. The highest BCUT2D eigenvalue weighted by molar-refractivity contribution is 9.10. The lowest BCUT2D eigenvalue weighted by molar-refractivity contribution is 0.147. The monoisotopic (exact) mass is 264 g/mol. The van der Waals surface area contributed by atoms with Crippen LogP contribution in [0.5, 0.6) is 0 Å². The normalized spacial score (nSPS) is 13.3. The van der Waals surface area contributed by atoms with Crippen LogP contribution in [0, 0.1) is 0 Å². The number of benzene rings is 1. The van der Waals surface area contributed by atoms with Gasteiger partial charge in [-0.2, -0.15) is 0 Å². The van der Waals surface area contributed by atoms with Gasteiger partial charge in [-0.05, 0) is 31.0 Å². The molecule has 0 aliphatic carbocycles. The molecule has 1 atom stereocenters. The number of aliphatic hydroxyl groups is 1. The molecule has 0 amide bonds. The predicted molar refractivity (Wildman–Crippen MR) is 54.5 cm³/mol. The van der Waals surface area contributed by atoms with Crippen LogP contribution >= 0.6 is 15.9 Å². The molecule has 1 N–H and O–H groups in total. The van der Waals surface area contributed by atoms with Gasteiger partial charge in [-0.15, -0.1) is 0 Å². The highest BCUT2D eigenvalue weighted by atomic mass is 79.9. The zero-order chi connectivity index (χ0) is 10.7. The number of hydrogen-bond donors (Lipinski definition) is 1. The lowest BCUT2D eigenvalue weighted by Crippen LogP contribution is -2.07. The molecule has 4 heteroatoms. The van der Waals surface area contributed by atoms with Gasteiger partial charge >= 0.3 is 0 Å². The zero-order valence-corrected chi connectivity index (χ0v) is 9.26. The topological polar surface area (TPSA) is 20.2 Å². The first kappa shape index (κ1) is 11.6. The van der Waals surface area contributed by atoms with Crippen molar-refractivity contribution in [2.75, 3.05) is 0 Å². The molecule has 1 rings (SSSR count). The standard InChI is InChI=1S/C10H11BrF2O/c1-6(14)4-7-5-8(11)2-3-9(7)10(12)13/h2-3,5-6,10,14H,4H2,1H3. The maximum atomic E-state index is 12.5. The summed E-state index contributed by atoms with van der Waals surface area (Å²) in [5.74, 6) is 0. The van der Waals surface area contributed by atoms with Crippen molar-refractivity contribution >= 4 is 15.9 Å². The lowest BCUT2D eigenvalue weighted by Gasteiger charge is -2.10. The van der Waals surface area contributed by atoms with Gasteiger partial charge in [-0.1, -0.05) is 22.0 Å². The van der Waals surface area contributed by atoms with Gasteiger partial charge < -0.3 is 5.11 Å². The van der Waals surface area contributed by atoms with E-state index in [4.69, 9.17) is 5.11 Å². The van der Waals surface area contributed by atoms with E-state index in [9.17, 15) is 8.78 Å². The molecule has 78 valence electrons. The van der Waals surface area contributed by atoms with Gasteiger partial charge in [0.1, 0.15) is 0 Å². The lowest BCUT2D eigenvalue weighted by atomic mass is 10.0. The maximum absolute atomic E-state index is 12.5. The third kappa shape index (κ3) is 3.03. The predicted octanol–water partition coefficient (Wildman–Crippen LogP) is 3.31. The molecule has 0 saturated carbocycles. The molecule has 0 bridgehead atoms. The molecule has 0 radical (unpaired) electrons. The SMILES string of the molecule is CC(O)Cc1cc(Br)ccc1C(F)F. The smallest absolute Gasteiger partial charge is 0.264 e.